The molecule has 8 unspecified atom stereocenters. The maximum atomic E-state index is 12.4. The zero-order valence-electron chi connectivity index (χ0n) is 19.5. The summed E-state index contributed by atoms with van der Waals surface area (Å²) in [6.07, 6.45) is 9.69. The number of rotatable bonds is 3. The van der Waals surface area contributed by atoms with Crippen molar-refractivity contribution in [2.75, 3.05) is 7.11 Å². The van der Waals surface area contributed by atoms with Gasteiger partial charge in [0.2, 0.25) is 0 Å². The smallest absolute Gasteiger partial charge is 0.308 e. The Morgan fingerprint density at radius 2 is 1.90 bits per heavy atom. The highest BCUT2D eigenvalue weighted by molar-refractivity contribution is 5.72. The molecule has 2 aliphatic heterocycles. The summed E-state index contributed by atoms with van der Waals surface area (Å²) < 4.78 is 10.7. The molecule has 5 fully saturated rings. The van der Waals surface area contributed by atoms with Gasteiger partial charge in [-0.25, -0.2) is 9.78 Å². The largest absolute Gasteiger partial charge is 0.469 e. The maximum absolute atomic E-state index is 12.4. The fourth-order valence-corrected chi connectivity index (χ4v) is 8.50. The van der Waals surface area contributed by atoms with Gasteiger partial charge in [-0.1, -0.05) is 26.8 Å². The molecule has 31 heavy (non-hydrogen) atoms. The highest BCUT2D eigenvalue weighted by Crippen LogP contribution is 2.73. The van der Waals surface area contributed by atoms with E-state index in [1.165, 1.54) is 19.6 Å². The molecule has 0 aromatic heterocycles. The van der Waals surface area contributed by atoms with Gasteiger partial charge in [-0.05, 0) is 61.9 Å². The molecule has 2 spiro atoms. The fraction of sp³-hybridized carbons (Fsp3) is 0.840. The Morgan fingerprint density at radius 3 is 2.55 bits per heavy atom. The number of fused-ring (bicyclic) bond motifs is 3. The van der Waals surface area contributed by atoms with Crippen LogP contribution in [0.1, 0.15) is 79.1 Å². The third kappa shape index (κ3) is 2.64. The van der Waals surface area contributed by atoms with Gasteiger partial charge in [0.1, 0.15) is 17.3 Å². The molecule has 0 aromatic rings. The second kappa shape index (κ2) is 6.80. The molecule has 6 nitrogen and oxygen atoms in total. The summed E-state index contributed by atoms with van der Waals surface area (Å²) in [5.74, 6) is 0.156. The lowest BCUT2D eigenvalue weighted by molar-refractivity contribution is -0.494. The van der Waals surface area contributed by atoms with Crippen molar-refractivity contribution in [2.45, 2.75) is 96.4 Å². The average Bonchev–Trinajstić information content (AvgIpc) is 3.10. The van der Waals surface area contributed by atoms with Crippen molar-refractivity contribution in [3.05, 3.63) is 11.6 Å². The van der Waals surface area contributed by atoms with Crippen LogP contribution in [0.25, 0.3) is 0 Å². The highest BCUT2D eigenvalue weighted by Gasteiger charge is 2.74. The molecule has 0 radical (unpaired) electrons. The van der Waals surface area contributed by atoms with E-state index in [0.29, 0.717) is 12.3 Å². The second-order valence-electron chi connectivity index (χ2n) is 11.2. The van der Waals surface area contributed by atoms with Crippen molar-refractivity contribution in [1.29, 1.82) is 0 Å². The van der Waals surface area contributed by atoms with Gasteiger partial charge in [-0.3, -0.25) is 9.59 Å². The topological polar surface area (TPSA) is 71.1 Å². The van der Waals surface area contributed by atoms with Crippen LogP contribution in [0.2, 0.25) is 0 Å². The van der Waals surface area contributed by atoms with Gasteiger partial charge in [0.15, 0.2) is 0 Å². The van der Waals surface area contributed by atoms with E-state index in [0.717, 1.165) is 44.9 Å². The predicted octanol–water partition coefficient (Wildman–Crippen LogP) is 4.51. The number of esters is 2. The SMILES string of the molecule is COC(=O)C(C)C1CCC2C34CCC5(CC(OC(C)=O)CCC5(C)C3=CCC12C)OO4. The first-order chi connectivity index (χ1) is 14.6. The second-order valence-corrected chi connectivity index (χ2v) is 11.2. The van der Waals surface area contributed by atoms with Crippen LogP contribution in [0.3, 0.4) is 0 Å². The average molecular weight is 433 g/mol. The summed E-state index contributed by atoms with van der Waals surface area (Å²) in [7, 11) is 1.48. The first kappa shape index (κ1) is 21.4. The van der Waals surface area contributed by atoms with Crippen LogP contribution in [-0.2, 0) is 28.8 Å². The summed E-state index contributed by atoms with van der Waals surface area (Å²) >= 11 is 0. The van der Waals surface area contributed by atoms with E-state index in [1.54, 1.807) is 0 Å². The standard InChI is InChI=1S/C25H36O6/c1-15(21(27)28-5)18-6-7-19-22(18,3)10-9-20-23(4)11-8-17(29-16(2)26)14-24(23)12-13-25(19,20)31-30-24/h9,15,17-19H,6-8,10-14H2,1-5H3. The number of methoxy groups -OCH3 is 1. The molecule has 172 valence electrons. The molecule has 8 atom stereocenters. The van der Waals surface area contributed by atoms with Crippen LogP contribution in [0.5, 0.6) is 0 Å². The Kier molecular flexibility index (Phi) is 4.70. The minimum atomic E-state index is -0.427. The van der Waals surface area contributed by atoms with Crippen LogP contribution >= 0.6 is 0 Å². The van der Waals surface area contributed by atoms with E-state index in [9.17, 15) is 9.59 Å². The Hall–Kier alpha value is -1.40. The Bertz CT molecular complexity index is 824. The number of hydrogen-bond acceptors (Lipinski definition) is 6. The van der Waals surface area contributed by atoms with E-state index >= 15 is 0 Å². The van der Waals surface area contributed by atoms with E-state index < -0.39 is 11.2 Å². The molecular formula is C25H36O6. The third-order valence-corrected chi connectivity index (χ3v) is 10.1. The molecule has 3 saturated carbocycles. The van der Waals surface area contributed by atoms with Gasteiger partial charge >= 0.3 is 11.9 Å². The van der Waals surface area contributed by atoms with Crippen molar-refractivity contribution in [3.8, 4) is 0 Å². The Labute approximate surface area is 184 Å². The predicted molar refractivity (Wildman–Crippen MR) is 113 cm³/mol. The van der Waals surface area contributed by atoms with Crippen LogP contribution in [0, 0.1) is 28.6 Å². The van der Waals surface area contributed by atoms with E-state index in [2.05, 4.69) is 19.9 Å². The summed E-state index contributed by atoms with van der Waals surface area (Å²) in [5, 5.41) is 0. The summed E-state index contributed by atoms with van der Waals surface area (Å²) in [6, 6.07) is 0. The third-order valence-electron chi connectivity index (χ3n) is 10.1. The number of carbonyl (C=O) groups excluding carboxylic acids is 2. The van der Waals surface area contributed by atoms with Gasteiger partial charge in [0, 0.05) is 24.7 Å². The van der Waals surface area contributed by atoms with Crippen LogP contribution in [0.15, 0.2) is 11.6 Å². The van der Waals surface area contributed by atoms with E-state index in [-0.39, 0.29) is 40.7 Å². The molecule has 0 N–H and O–H groups in total. The maximum Gasteiger partial charge on any atom is 0.308 e. The number of hydrogen-bond donors (Lipinski definition) is 0. The first-order valence-electron chi connectivity index (χ1n) is 11.9. The van der Waals surface area contributed by atoms with Crippen molar-refractivity contribution in [3.63, 3.8) is 0 Å². The first-order valence-corrected chi connectivity index (χ1v) is 11.9. The molecule has 0 aromatic carbocycles. The fourth-order valence-electron chi connectivity index (χ4n) is 8.50. The molecular weight excluding hydrogens is 396 g/mol. The van der Waals surface area contributed by atoms with Gasteiger partial charge in [-0.2, -0.15) is 0 Å². The Morgan fingerprint density at radius 1 is 1.13 bits per heavy atom. The van der Waals surface area contributed by atoms with Crippen molar-refractivity contribution < 1.29 is 28.8 Å². The molecule has 4 aliphatic carbocycles. The number of carbonyl (C=O) groups is 2. The normalized spacial score (nSPS) is 48.7. The lowest BCUT2D eigenvalue weighted by Crippen LogP contribution is -2.71. The van der Waals surface area contributed by atoms with Crippen molar-refractivity contribution in [1.82, 2.24) is 0 Å². The molecule has 2 saturated heterocycles. The highest BCUT2D eigenvalue weighted by atomic mass is 17.2. The summed E-state index contributed by atoms with van der Waals surface area (Å²) in [6.45, 7) is 8.18. The lowest BCUT2D eigenvalue weighted by atomic mass is 9.44. The summed E-state index contributed by atoms with van der Waals surface area (Å²) in [4.78, 5) is 36.7. The lowest BCUT2D eigenvalue weighted by Gasteiger charge is -2.69. The molecule has 6 rings (SSSR count). The van der Waals surface area contributed by atoms with Crippen LogP contribution in [0.4, 0.5) is 0 Å². The van der Waals surface area contributed by atoms with E-state index in [1.807, 2.05) is 6.92 Å². The van der Waals surface area contributed by atoms with E-state index in [4.69, 9.17) is 19.2 Å². The zero-order chi connectivity index (χ0) is 22.2. The molecule has 6 aliphatic rings. The van der Waals surface area contributed by atoms with Gasteiger partial charge in [-0.15, -0.1) is 0 Å². The Balaban J connectivity index is 1.50. The summed E-state index contributed by atoms with van der Waals surface area (Å²) in [5.41, 5.74) is 0.468. The molecule has 2 bridgehead atoms. The monoisotopic (exact) mass is 432 g/mol. The van der Waals surface area contributed by atoms with Gasteiger partial charge in [0.25, 0.3) is 0 Å². The zero-order valence-corrected chi connectivity index (χ0v) is 19.5. The minimum absolute atomic E-state index is 0.0108. The van der Waals surface area contributed by atoms with Crippen molar-refractivity contribution >= 4 is 11.9 Å². The van der Waals surface area contributed by atoms with Gasteiger partial charge < -0.3 is 9.47 Å². The molecule has 6 heteroatoms. The van der Waals surface area contributed by atoms with Gasteiger partial charge in [0.05, 0.1) is 13.0 Å². The molecule has 0 amide bonds. The quantitative estimate of drug-likeness (QED) is 0.371. The van der Waals surface area contributed by atoms with Crippen molar-refractivity contribution in [2.24, 2.45) is 28.6 Å². The minimum Gasteiger partial charge on any atom is -0.469 e. The van der Waals surface area contributed by atoms with Crippen LogP contribution in [-0.4, -0.2) is 36.4 Å². The number of ether oxygens (including phenoxy) is 2. The molecule has 2 heterocycles. The number of allylic oxidation sites excluding steroid dienone is 1. The van der Waals surface area contributed by atoms with Crippen LogP contribution < -0.4 is 0 Å².